The highest BCUT2D eigenvalue weighted by atomic mass is 32.2. The van der Waals surface area contributed by atoms with Crippen LogP contribution in [0, 0.1) is 6.92 Å². The van der Waals surface area contributed by atoms with Crippen LogP contribution in [0.15, 0.2) is 23.5 Å². The van der Waals surface area contributed by atoms with Crippen LogP contribution < -0.4 is 4.72 Å². The summed E-state index contributed by atoms with van der Waals surface area (Å²) in [5, 5.41) is 13.1. The summed E-state index contributed by atoms with van der Waals surface area (Å²) < 4.78 is 27.8. The van der Waals surface area contributed by atoms with Gasteiger partial charge in [0.15, 0.2) is 0 Å². The van der Waals surface area contributed by atoms with E-state index in [-0.39, 0.29) is 24.4 Å². The molecule has 0 aromatic carbocycles. The van der Waals surface area contributed by atoms with Gasteiger partial charge in [0.05, 0.1) is 25.7 Å². The predicted octanol–water partition coefficient (Wildman–Crippen LogP) is 0.601. The van der Waals surface area contributed by atoms with Crippen LogP contribution in [-0.2, 0) is 27.9 Å². The molecule has 2 rings (SSSR count). The van der Waals surface area contributed by atoms with E-state index in [4.69, 9.17) is 5.11 Å². The van der Waals surface area contributed by atoms with Crippen molar-refractivity contribution in [1.82, 2.24) is 19.5 Å². The number of aryl methyl sites for hydroxylation is 2. The van der Waals surface area contributed by atoms with E-state index in [1.165, 1.54) is 28.4 Å². The van der Waals surface area contributed by atoms with E-state index in [2.05, 4.69) is 14.8 Å². The van der Waals surface area contributed by atoms with Crippen LogP contribution >= 0.6 is 11.3 Å². The Kier molecular flexibility index (Phi) is 4.70. The van der Waals surface area contributed by atoms with Crippen LogP contribution in [0.3, 0.4) is 0 Å². The van der Waals surface area contributed by atoms with Crippen molar-refractivity contribution in [3.8, 4) is 0 Å². The van der Waals surface area contributed by atoms with E-state index >= 15 is 0 Å². The number of carboxylic acid groups (broad SMARTS) is 1. The Hall–Kier alpha value is -1.78. The third-order valence-electron chi connectivity index (χ3n) is 2.56. The third-order valence-corrected chi connectivity index (χ3v) is 4.83. The number of carbonyl (C=O) groups is 1. The summed E-state index contributed by atoms with van der Waals surface area (Å²) in [6.07, 6.45) is 4.06. The molecule has 0 atom stereocenters. The van der Waals surface area contributed by atoms with Gasteiger partial charge in [-0.25, -0.2) is 18.1 Å². The molecule has 10 heteroatoms. The molecule has 2 N–H and O–H groups in total. The second-order valence-electron chi connectivity index (χ2n) is 4.27. The number of rotatable bonds is 7. The average Bonchev–Trinajstić information content (AvgIpc) is 3.03. The zero-order valence-corrected chi connectivity index (χ0v) is 12.8. The Morgan fingerprint density at radius 1 is 1.48 bits per heavy atom. The number of nitrogens with zero attached hydrogens (tertiary/aromatic N) is 3. The molecule has 0 fully saturated rings. The molecule has 2 aromatic heterocycles. The summed E-state index contributed by atoms with van der Waals surface area (Å²) in [6.45, 7) is 2.12. The van der Waals surface area contributed by atoms with Gasteiger partial charge in [0.25, 0.3) is 0 Å². The fourth-order valence-electron chi connectivity index (χ4n) is 1.54. The normalized spacial score (nSPS) is 11.7. The lowest BCUT2D eigenvalue weighted by Crippen LogP contribution is -2.22. The van der Waals surface area contributed by atoms with Gasteiger partial charge in [-0.2, -0.15) is 5.10 Å². The maximum atomic E-state index is 12.1. The minimum Gasteiger partial charge on any atom is -0.481 e. The van der Waals surface area contributed by atoms with Gasteiger partial charge in [-0.3, -0.25) is 9.48 Å². The Balaban J connectivity index is 2.00. The van der Waals surface area contributed by atoms with E-state index < -0.39 is 16.0 Å². The topological polar surface area (TPSA) is 114 Å². The molecule has 114 valence electrons. The minimum absolute atomic E-state index is 0.00108. The molecule has 0 saturated heterocycles. The van der Waals surface area contributed by atoms with Gasteiger partial charge in [0, 0.05) is 17.3 Å². The highest BCUT2D eigenvalue weighted by Gasteiger charge is 2.17. The van der Waals surface area contributed by atoms with Gasteiger partial charge >= 0.3 is 5.97 Å². The molecule has 2 heterocycles. The van der Waals surface area contributed by atoms with Crippen molar-refractivity contribution in [2.45, 2.75) is 31.3 Å². The van der Waals surface area contributed by atoms with E-state index in [1.807, 2.05) is 6.92 Å². The number of aliphatic carboxylic acids is 1. The van der Waals surface area contributed by atoms with E-state index in [0.717, 1.165) is 4.88 Å². The predicted molar refractivity (Wildman–Crippen MR) is 75.4 cm³/mol. The molecule has 0 aliphatic heterocycles. The van der Waals surface area contributed by atoms with Gasteiger partial charge in [0.2, 0.25) is 10.0 Å². The number of carboxylic acids is 1. The van der Waals surface area contributed by atoms with Crippen molar-refractivity contribution >= 4 is 27.3 Å². The van der Waals surface area contributed by atoms with Crippen LogP contribution in [0.25, 0.3) is 0 Å². The summed E-state index contributed by atoms with van der Waals surface area (Å²) in [7, 11) is -3.68. The number of thiazole rings is 1. The zero-order valence-electron chi connectivity index (χ0n) is 11.2. The van der Waals surface area contributed by atoms with Crippen LogP contribution in [-0.4, -0.2) is 34.3 Å². The van der Waals surface area contributed by atoms with Crippen molar-refractivity contribution < 1.29 is 18.3 Å². The highest BCUT2D eigenvalue weighted by molar-refractivity contribution is 7.89. The summed E-state index contributed by atoms with van der Waals surface area (Å²) in [4.78, 5) is 15.5. The van der Waals surface area contributed by atoms with Crippen molar-refractivity contribution in [3.05, 3.63) is 28.5 Å². The van der Waals surface area contributed by atoms with Crippen LogP contribution in [0.1, 0.15) is 16.3 Å². The van der Waals surface area contributed by atoms with Crippen molar-refractivity contribution in [2.24, 2.45) is 0 Å². The summed E-state index contributed by atoms with van der Waals surface area (Å²) in [5.74, 6) is -0.966. The zero-order chi connectivity index (χ0) is 15.5. The smallest absolute Gasteiger partial charge is 0.305 e. The quantitative estimate of drug-likeness (QED) is 0.768. The molecule has 0 unspecified atom stereocenters. The fourth-order valence-corrected chi connectivity index (χ4v) is 3.30. The van der Waals surface area contributed by atoms with Gasteiger partial charge < -0.3 is 5.11 Å². The molecular weight excluding hydrogens is 316 g/mol. The lowest BCUT2D eigenvalue weighted by Gasteiger charge is -2.02. The number of hydrogen-bond donors (Lipinski definition) is 2. The van der Waals surface area contributed by atoms with Gasteiger partial charge in [-0.05, 0) is 6.92 Å². The lowest BCUT2D eigenvalue weighted by molar-refractivity contribution is -0.137. The Labute approximate surface area is 125 Å². The molecule has 0 spiro atoms. The van der Waals surface area contributed by atoms with Crippen molar-refractivity contribution in [1.29, 1.82) is 0 Å². The highest BCUT2D eigenvalue weighted by Crippen LogP contribution is 2.13. The van der Waals surface area contributed by atoms with Crippen molar-refractivity contribution in [3.63, 3.8) is 0 Å². The first-order valence-electron chi connectivity index (χ1n) is 6.02. The second kappa shape index (κ2) is 6.33. The van der Waals surface area contributed by atoms with E-state index in [0.29, 0.717) is 5.01 Å². The van der Waals surface area contributed by atoms with Gasteiger partial charge in [-0.1, -0.05) is 0 Å². The van der Waals surface area contributed by atoms with Crippen LogP contribution in [0.4, 0.5) is 0 Å². The standard InChI is InChI=1S/C11H14N4O4S2/c1-8-4-12-10(20-8)6-14-21(18,19)9-5-13-15(7-9)3-2-11(16)17/h4-5,7,14H,2-3,6H2,1H3,(H,16,17). The van der Waals surface area contributed by atoms with Gasteiger partial charge in [-0.15, -0.1) is 11.3 Å². The SMILES string of the molecule is Cc1cnc(CNS(=O)(=O)c2cnn(CCC(=O)O)c2)s1. The molecule has 0 saturated carbocycles. The molecule has 0 aliphatic carbocycles. The molecule has 0 bridgehead atoms. The number of aromatic nitrogens is 3. The first kappa shape index (κ1) is 15.6. The number of nitrogens with one attached hydrogen (secondary N) is 1. The third kappa shape index (κ3) is 4.34. The average molecular weight is 330 g/mol. The maximum Gasteiger partial charge on any atom is 0.305 e. The number of hydrogen-bond acceptors (Lipinski definition) is 6. The monoisotopic (exact) mass is 330 g/mol. The molecular formula is C11H14N4O4S2. The largest absolute Gasteiger partial charge is 0.481 e. The minimum atomic E-state index is -3.68. The first-order valence-corrected chi connectivity index (χ1v) is 8.32. The fraction of sp³-hybridized carbons (Fsp3) is 0.364. The first-order chi connectivity index (χ1) is 9.87. The van der Waals surface area contributed by atoms with Crippen LogP contribution in [0.2, 0.25) is 0 Å². The van der Waals surface area contributed by atoms with Crippen LogP contribution in [0.5, 0.6) is 0 Å². The van der Waals surface area contributed by atoms with Gasteiger partial charge in [0.1, 0.15) is 9.90 Å². The lowest BCUT2D eigenvalue weighted by atomic mass is 10.4. The summed E-state index contributed by atoms with van der Waals surface area (Å²) in [5.41, 5.74) is 0. The summed E-state index contributed by atoms with van der Waals surface area (Å²) in [6, 6.07) is 0. The van der Waals surface area contributed by atoms with Crippen molar-refractivity contribution in [2.75, 3.05) is 0 Å². The number of sulfonamides is 1. The molecule has 0 radical (unpaired) electrons. The second-order valence-corrected chi connectivity index (χ2v) is 7.36. The molecule has 0 aliphatic rings. The van der Waals surface area contributed by atoms with E-state index in [9.17, 15) is 13.2 Å². The van der Waals surface area contributed by atoms with E-state index in [1.54, 1.807) is 6.20 Å². The molecule has 8 nitrogen and oxygen atoms in total. The Morgan fingerprint density at radius 2 is 2.24 bits per heavy atom. The molecule has 0 amide bonds. The maximum absolute atomic E-state index is 12.1. The molecule has 21 heavy (non-hydrogen) atoms. The molecule has 2 aromatic rings. The Morgan fingerprint density at radius 3 is 2.86 bits per heavy atom. The Bertz CT molecular complexity index is 735. The summed E-state index contributed by atoms with van der Waals surface area (Å²) >= 11 is 1.42.